The molecule has 1 heterocycles. The highest BCUT2D eigenvalue weighted by molar-refractivity contribution is 9.10. The minimum absolute atomic E-state index is 0.811. The predicted octanol–water partition coefficient (Wildman–Crippen LogP) is 3.46. The van der Waals surface area contributed by atoms with Crippen LogP contribution in [0.5, 0.6) is 0 Å². The van der Waals surface area contributed by atoms with Crippen molar-refractivity contribution in [1.29, 1.82) is 0 Å². The first-order valence-corrected chi connectivity index (χ1v) is 5.54. The topological polar surface area (TPSA) is 24.9 Å². The highest BCUT2D eigenvalue weighted by Gasteiger charge is 1.98. The molecular weight excluding hydrogens is 252 g/mol. The number of hydrogen-bond donors (Lipinski definition) is 1. The van der Waals surface area contributed by atoms with E-state index in [4.69, 9.17) is 0 Å². The molecule has 2 nitrogen and oxygen atoms in total. The van der Waals surface area contributed by atoms with Gasteiger partial charge in [0.05, 0.1) is 5.69 Å². The molecule has 1 N–H and O–H groups in total. The van der Waals surface area contributed by atoms with Gasteiger partial charge < -0.3 is 5.32 Å². The molecule has 0 saturated carbocycles. The number of pyridine rings is 1. The lowest BCUT2D eigenvalue weighted by Crippen LogP contribution is -2.00. The summed E-state index contributed by atoms with van der Waals surface area (Å²) < 4.78 is 0.848. The lowest BCUT2D eigenvalue weighted by atomic mass is 10.2. The highest BCUT2D eigenvalue weighted by atomic mass is 79.9. The van der Waals surface area contributed by atoms with Crippen LogP contribution in [0.3, 0.4) is 0 Å². The fraction of sp³-hybridized carbons (Fsp3) is 0.0833. The summed E-state index contributed by atoms with van der Waals surface area (Å²) in [5.41, 5.74) is 2.27. The Morgan fingerprint density at radius 3 is 2.60 bits per heavy atom. The molecule has 0 saturated heterocycles. The van der Waals surface area contributed by atoms with Crippen molar-refractivity contribution in [3.63, 3.8) is 0 Å². The van der Waals surface area contributed by atoms with Gasteiger partial charge in [-0.3, -0.25) is 0 Å². The molecule has 3 heteroatoms. The van der Waals surface area contributed by atoms with Gasteiger partial charge in [0.2, 0.25) is 0 Å². The molecule has 0 aliphatic carbocycles. The van der Waals surface area contributed by atoms with Crippen LogP contribution in [0, 0.1) is 0 Å². The van der Waals surface area contributed by atoms with E-state index in [-0.39, 0.29) is 0 Å². The fourth-order valence-electron chi connectivity index (χ4n) is 1.31. The number of nitrogens with zero attached hydrogens (tertiary/aromatic N) is 1. The second kappa shape index (κ2) is 4.94. The van der Waals surface area contributed by atoms with E-state index in [1.165, 1.54) is 5.56 Å². The average Bonchev–Trinajstić information content (AvgIpc) is 2.29. The van der Waals surface area contributed by atoms with Gasteiger partial charge in [-0.1, -0.05) is 30.3 Å². The summed E-state index contributed by atoms with van der Waals surface area (Å²) in [6.45, 7) is 0.811. The summed E-state index contributed by atoms with van der Waals surface area (Å²) in [5, 5.41) is 3.32. The van der Waals surface area contributed by atoms with E-state index in [0.29, 0.717) is 0 Å². The first-order chi connectivity index (χ1) is 7.36. The molecule has 76 valence electrons. The molecule has 0 spiro atoms. The molecule has 1 aromatic carbocycles. The van der Waals surface area contributed by atoms with E-state index >= 15 is 0 Å². The molecule has 0 aliphatic heterocycles. The van der Waals surface area contributed by atoms with Crippen molar-refractivity contribution in [2.24, 2.45) is 0 Å². The van der Waals surface area contributed by atoms with Crippen LogP contribution >= 0.6 is 15.9 Å². The van der Waals surface area contributed by atoms with E-state index in [1.54, 1.807) is 6.20 Å². The van der Waals surface area contributed by atoms with Crippen LogP contribution in [0.1, 0.15) is 5.56 Å². The van der Waals surface area contributed by atoms with Crippen LogP contribution in [-0.4, -0.2) is 4.98 Å². The van der Waals surface area contributed by atoms with Crippen LogP contribution in [0.15, 0.2) is 53.3 Å². The van der Waals surface area contributed by atoms with Gasteiger partial charge in [-0.05, 0) is 33.6 Å². The maximum Gasteiger partial charge on any atom is 0.129 e. The Bertz CT molecular complexity index is 429. The largest absolute Gasteiger partial charge is 0.379 e. The first-order valence-electron chi connectivity index (χ1n) is 4.74. The van der Waals surface area contributed by atoms with Gasteiger partial charge in [0, 0.05) is 12.7 Å². The van der Waals surface area contributed by atoms with Crippen molar-refractivity contribution in [2.45, 2.75) is 6.54 Å². The van der Waals surface area contributed by atoms with Crippen LogP contribution in [-0.2, 0) is 6.54 Å². The molecule has 0 unspecified atom stereocenters. The van der Waals surface area contributed by atoms with Crippen LogP contribution in [0.2, 0.25) is 0 Å². The van der Waals surface area contributed by atoms with E-state index in [1.807, 2.05) is 30.3 Å². The second-order valence-electron chi connectivity index (χ2n) is 3.18. The van der Waals surface area contributed by atoms with Crippen molar-refractivity contribution < 1.29 is 0 Å². The molecule has 0 fully saturated rings. The number of halogens is 1. The van der Waals surface area contributed by atoms with Crippen molar-refractivity contribution in [2.75, 3.05) is 5.32 Å². The molecule has 0 amide bonds. The third-order valence-electron chi connectivity index (χ3n) is 2.08. The summed E-state index contributed by atoms with van der Waals surface area (Å²) in [7, 11) is 0. The van der Waals surface area contributed by atoms with Crippen molar-refractivity contribution >= 4 is 21.6 Å². The Labute approximate surface area is 97.5 Å². The van der Waals surface area contributed by atoms with Crippen molar-refractivity contribution in [3.8, 4) is 0 Å². The molecular formula is C12H11BrN2. The Morgan fingerprint density at radius 2 is 1.87 bits per heavy atom. The maximum absolute atomic E-state index is 4.15. The molecule has 2 aromatic rings. The quantitative estimate of drug-likeness (QED) is 0.858. The van der Waals surface area contributed by atoms with Gasteiger partial charge in [-0.15, -0.1) is 0 Å². The number of nitrogens with one attached hydrogen (secondary N) is 1. The number of hydrogen-bond acceptors (Lipinski definition) is 2. The summed E-state index contributed by atoms with van der Waals surface area (Å²) in [5.74, 6) is 0. The minimum Gasteiger partial charge on any atom is -0.379 e. The molecule has 0 bridgehead atoms. The lowest BCUT2D eigenvalue weighted by Gasteiger charge is -2.07. The monoisotopic (exact) mass is 262 g/mol. The molecule has 0 aliphatic rings. The number of benzene rings is 1. The zero-order valence-corrected chi connectivity index (χ0v) is 9.74. The average molecular weight is 263 g/mol. The minimum atomic E-state index is 0.811. The second-order valence-corrected chi connectivity index (χ2v) is 3.93. The summed E-state index contributed by atoms with van der Waals surface area (Å²) >= 11 is 3.40. The van der Waals surface area contributed by atoms with Gasteiger partial charge in [0.25, 0.3) is 0 Å². The number of aromatic nitrogens is 1. The fourth-order valence-corrected chi connectivity index (χ4v) is 1.70. The van der Waals surface area contributed by atoms with Crippen LogP contribution < -0.4 is 5.32 Å². The number of rotatable bonds is 3. The third kappa shape index (κ3) is 2.80. The molecule has 2 rings (SSSR count). The molecule has 1 aromatic heterocycles. The first kappa shape index (κ1) is 10.2. The maximum atomic E-state index is 4.15. The third-order valence-corrected chi connectivity index (χ3v) is 2.72. The summed E-state index contributed by atoms with van der Waals surface area (Å²) in [6.07, 6.45) is 1.76. The van der Waals surface area contributed by atoms with E-state index in [0.717, 1.165) is 16.8 Å². The van der Waals surface area contributed by atoms with Gasteiger partial charge >= 0.3 is 0 Å². The summed E-state index contributed by atoms with van der Waals surface area (Å²) in [4.78, 5) is 4.15. The number of anilines is 1. The highest BCUT2D eigenvalue weighted by Crippen LogP contribution is 2.18. The molecule has 0 atom stereocenters. The van der Waals surface area contributed by atoms with Gasteiger partial charge in [-0.25, -0.2) is 4.98 Å². The molecule has 15 heavy (non-hydrogen) atoms. The zero-order chi connectivity index (χ0) is 10.5. The SMILES string of the molecule is Brc1ncccc1NCc1ccccc1. The summed E-state index contributed by atoms with van der Waals surface area (Å²) in [6, 6.07) is 14.2. The van der Waals surface area contributed by atoms with Gasteiger partial charge in [0.15, 0.2) is 0 Å². The van der Waals surface area contributed by atoms with E-state index in [9.17, 15) is 0 Å². The lowest BCUT2D eigenvalue weighted by molar-refractivity contribution is 1.13. The zero-order valence-electron chi connectivity index (χ0n) is 8.15. The van der Waals surface area contributed by atoms with Gasteiger partial charge in [0.1, 0.15) is 4.60 Å². The van der Waals surface area contributed by atoms with Crippen LogP contribution in [0.4, 0.5) is 5.69 Å². The Balaban J connectivity index is 2.03. The van der Waals surface area contributed by atoms with Crippen molar-refractivity contribution in [1.82, 2.24) is 4.98 Å². The Hall–Kier alpha value is -1.35. The van der Waals surface area contributed by atoms with Crippen molar-refractivity contribution in [3.05, 3.63) is 58.8 Å². The Kier molecular flexibility index (Phi) is 3.35. The standard InChI is InChI=1S/C12H11BrN2/c13-12-11(7-4-8-14-12)15-9-10-5-2-1-3-6-10/h1-8,15H,9H2. The van der Waals surface area contributed by atoms with Crippen LogP contribution in [0.25, 0.3) is 0 Å². The smallest absolute Gasteiger partial charge is 0.129 e. The van der Waals surface area contributed by atoms with E-state index < -0.39 is 0 Å². The Morgan fingerprint density at radius 1 is 1.07 bits per heavy atom. The van der Waals surface area contributed by atoms with Gasteiger partial charge in [-0.2, -0.15) is 0 Å². The normalized spacial score (nSPS) is 9.93. The molecule has 0 radical (unpaired) electrons. The van der Waals surface area contributed by atoms with E-state index in [2.05, 4.69) is 38.4 Å². The predicted molar refractivity (Wildman–Crippen MR) is 65.7 cm³/mol.